The van der Waals surface area contributed by atoms with E-state index in [1.807, 2.05) is 6.07 Å². The molecule has 0 fully saturated rings. The molecular formula is C46H28O. The van der Waals surface area contributed by atoms with E-state index in [2.05, 4.69) is 164 Å². The summed E-state index contributed by atoms with van der Waals surface area (Å²) in [7, 11) is 0. The van der Waals surface area contributed by atoms with Crippen molar-refractivity contribution < 1.29 is 4.42 Å². The topological polar surface area (TPSA) is 13.1 Å². The molecule has 47 heavy (non-hydrogen) atoms. The van der Waals surface area contributed by atoms with Crippen LogP contribution >= 0.6 is 0 Å². The van der Waals surface area contributed by atoms with Crippen molar-refractivity contribution in [2.45, 2.75) is 0 Å². The molecule has 0 spiro atoms. The summed E-state index contributed by atoms with van der Waals surface area (Å²) in [5, 5.41) is 12.2. The predicted octanol–water partition coefficient (Wildman–Crippen LogP) is 13.2. The van der Waals surface area contributed by atoms with E-state index < -0.39 is 0 Å². The Kier molecular flexibility index (Phi) is 5.64. The molecule has 9 aromatic carbocycles. The highest BCUT2D eigenvalue weighted by Gasteiger charge is 2.22. The summed E-state index contributed by atoms with van der Waals surface area (Å²) in [5.74, 6) is 0. The van der Waals surface area contributed by atoms with Crippen LogP contribution < -0.4 is 0 Å². The zero-order chi connectivity index (χ0) is 30.9. The van der Waals surface area contributed by atoms with Crippen molar-refractivity contribution in [3.63, 3.8) is 0 Å². The van der Waals surface area contributed by atoms with Gasteiger partial charge < -0.3 is 4.42 Å². The third-order valence-corrected chi connectivity index (χ3v) is 9.86. The second-order valence-corrected chi connectivity index (χ2v) is 12.4. The normalized spacial score (nSPS) is 11.8. The highest BCUT2D eigenvalue weighted by atomic mass is 16.3. The molecule has 10 aromatic rings. The molecule has 0 saturated heterocycles. The minimum Gasteiger partial charge on any atom is -0.455 e. The first kappa shape index (κ1) is 26.1. The lowest BCUT2D eigenvalue weighted by Gasteiger charge is -2.20. The lowest BCUT2D eigenvalue weighted by molar-refractivity contribution is 0.670. The fourth-order valence-corrected chi connectivity index (χ4v) is 7.87. The molecule has 0 aliphatic rings. The quantitative estimate of drug-likeness (QED) is 0.146. The van der Waals surface area contributed by atoms with Gasteiger partial charge in [0.1, 0.15) is 11.2 Å². The molecule has 0 aliphatic heterocycles. The molecule has 1 aromatic heterocycles. The van der Waals surface area contributed by atoms with Crippen molar-refractivity contribution in [3.8, 4) is 33.4 Å². The molecule has 0 saturated carbocycles. The fourth-order valence-electron chi connectivity index (χ4n) is 7.87. The molecule has 1 nitrogen and oxygen atoms in total. The molecule has 0 N–H and O–H groups in total. The van der Waals surface area contributed by atoms with Crippen molar-refractivity contribution in [2.75, 3.05) is 0 Å². The molecule has 0 unspecified atom stereocenters. The number of rotatable bonds is 3. The number of hydrogen-bond donors (Lipinski definition) is 0. The van der Waals surface area contributed by atoms with E-state index in [1.54, 1.807) is 0 Å². The first-order valence-corrected chi connectivity index (χ1v) is 16.2. The van der Waals surface area contributed by atoms with Gasteiger partial charge in [-0.05, 0) is 77.5 Å². The molecule has 0 atom stereocenters. The van der Waals surface area contributed by atoms with Crippen LogP contribution in [0.4, 0.5) is 0 Å². The Labute approximate surface area is 271 Å². The molecule has 0 radical (unpaired) electrons. The highest BCUT2D eigenvalue weighted by molar-refractivity contribution is 6.25. The van der Waals surface area contributed by atoms with Crippen LogP contribution in [-0.2, 0) is 0 Å². The largest absolute Gasteiger partial charge is 0.455 e. The van der Waals surface area contributed by atoms with Gasteiger partial charge in [-0.15, -0.1) is 0 Å². The fraction of sp³-hybridized carbons (Fsp3) is 0. The second-order valence-electron chi connectivity index (χ2n) is 12.4. The van der Waals surface area contributed by atoms with E-state index in [0.29, 0.717) is 0 Å². The summed E-state index contributed by atoms with van der Waals surface area (Å²) >= 11 is 0. The Morgan fingerprint density at radius 2 is 0.745 bits per heavy atom. The lowest BCUT2D eigenvalue weighted by atomic mass is 9.82. The third-order valence-electron chi connectivity index (χ3n) is 9.86. The summed E-state index contributed by atoms with van der Waals surface area (Å²) in [6, 6.07) is 61.5. The van der Waals surface area contributed by atoms with Crippen LogP contribution in [-0.4, -0.2) is 0 Å². The van der Waals surface area contributed by atoms with Crippen LogP contribution in [0.1, 0.15) is 0 Å². The van der Waals surface area contributed by atoms with Crippen molar-refractivity contribution in [3.05, 3.63) is 170 Å². The Morgan fingerprint density at radius 1 is 0.277 bits per heavy atom. The average Bonchev–Trinajstić information content (AvgIpc) is 3.53. The van der Waals surface area contributed by atoms with Crippen molar-refractivity contribution in [1.29, 1.82) is 0 Å². The van der Waals surface area contributed by atoms with Crippen LogP contribution in [0.5, 0.6) is 0 Å². The van der Waals surface area contributed by atoms with Crippen molar-refractivity contribution in [2.24, 2.45) is 0 Å². The average molecular weight is 597 g/mol. The molecule has 1 heterocycles. The van der Waals surface area contributed by atoms with Crippen LogP contribution in [0.2, 0.25) is 0 Å². The third kappa shape index (κ3) is 3.84. The van der Waals surface area contributed by atoms with E-state index in [1.165, 1.54) is 70.9 Å². The van der Waals surface area contributed by atoms with Gasteiger partial charge in [-0.25, -0.2) is 0 Å². The molecule has 0 aliphatic carbocycles. The number of fused-ring (bicyclic) bond motifs is 8. The van der Waals surface area contributed by atoms with Gasteiger partial charge in [-0.3, -0.25) is 0 Å². The van der Waals surface area contributed by atoms with Gasteiger partial charge in [-0.2, -0.15) is 0 Å². The second kappa shape index (κ2) is 10.2. The summed E-state index contributed by atoms with van der Waals surface area (Å²) in [6.45, 7) is 0. The van der Waals surface area contributed by atoms with Crippen LogP contribution in [0.3, 0.4) is 0 Å². The number of furan rings is 1. The minimum absolute atomic E-state index is 0.914. The summed E-state index contributed by atoms with van der Waals surface area (Å²) < 4.78 is 6.60. The molecule has 10 rings (SSSR count). The highest BCUT2D eigenvalue weighted by Crippen LogP contribution is 2.49. The van der Waals surface area contributed by atoms with Gasteiger partial charge in [-0.1, -0.05) is 158 Å². The van der Waals surface area contributed by atoms with Gasteiger partial charge in [0.25, 0.3) is 0 Å². The molecule has 1 heteroatoms. The zero-order valence-corrected chi connectivity index (χ0v) is 25.6. The van der Waals surface area contributed by atoms with E-state index in [4.69, 9.17) is 4.42 Å². The first-order chi connectivity index (χ1) is 23.3. The minimum atomic E-state index is 0.914. The molecule has 0 amide bonds. The Balaban J connectivity index is 1.33. The van der Waals surface area contributed by atoms with Crippen LogP contribution in [0.15, 0.2) is 174 Å². The summed E-state index contributed by atoms with van der Waals surface area (Å²) in [5.41, 5.74) is 9.13. The standard InChI is InChI=1S/C46H28O/c1-2-15-30-29(14-1)28-42(32-17-4-3-16-31(30)32)33-18-5-6-20-35(33)44-36-21-7-9-23-38(36)45(39-24-10-8-22-37(39)44)41-26-13-25-40-34-19-11-12-27-43(34)47-46(40)41/h1-28H. The maximum atomic E-state index is 6.60. The Hall–Kier alpha value is -6.18. The van der Waals surface area contributed by atoms with E-state index in [0.717, 1.165) is 27.5 Å². The smallest absolute Gasteiger partial charge is 0.143 e. The van der Waals surface area contributed by atoms with Crippen molar-refractivity contribution in [1.82, 2.24) is 0 Å². The van der Waals surface area contributed by atoms with Gasteiger partial charge in [0, 0.05) is 21.9 Å². The first-order valence-electron chi connectivity index (χ1n) is 16.2. The van der Waals surface area contributed by atoms with E-state index in [-0.39, 0.29) is 0 Å². The predicted molar refractivity (Wildman–Crippen MR) is 200 cm³/mol. The molecule has 218 valence electrons. The van der Waals surface area contributed by atoms with E-state index in [9.17, 15) is 0 Å². The SMILES string of the molecule is c1ccc(-c2cc3ccccc3c3ccccc23)c(-c2c3ccccc3c(-c3cccc4c3oc3ccccc34)c3ccccc23)c1. The number of hydrogen-bond acceptors (Lipinski definition) is 1. The summed E-state index contributed by atoms with van der Waals surface area (Å²) in [4.78, 5) is 0. The van der Waals surface area contributed by atoms with Crippen molar-refractivity contribution >= 4 is 65.0 Å². The van der Waals surface area contributed by atoms with Gasteiger partial charge >= 0.3 is 0 Å². The lowest BCUT2D eigenvalue weighted by Crippen LogP contribution is -1.93. The van der Waals surface area contributed by atoms with Gasteiger partial charge in [0.05, 0.1) is 0 Å². The number of benzene rings is 9. The Bertz CT molecular complexity index is 2800. The van der Waals surface area contributed by atoms with E-state index >= 15 is 0 Å². The monoisotopic (exact) mass is 596 g/mol. The molecule has 0 bridgehead atoms. The maximum absolute atomic E-state index is 6.60. The molecular weight excluding hydrogens is 569 g/mol. The Morgan fingerprint density at radius 3 is 1.45 bits per heavy atom. The number of para-hydroxylation sites is 2. The summed E-state index contributed by atoms with van der Waals surface area (Å²) in [6.07, 6.45) is 0. The van der Waals surface area contributed by atoms with Gasteiger partial charge in [0.2, 0.25) is 0 Å². The zero-order valence-electron chi connectivity index (χ0n) is 25.6. The van der Waals surface area contributed by atoms with Crippen LogP contribution in [0.25, 0.3) is 98.4 Å². The van der Waals surface area contributed by atoms with Gasteiger partial charge in [0.15, 0.2) is 0 Å². The maximum Gasteiger partial charge on any atom is 0.143 e. The van der Waals surface area contributed by atoms with Crippen LogP contribution in [0, 0.1) is 0 Å².